The molecule has 1 aliphatic rings. The number of aromatic nitrogens is 2. The first kappa shape index (κ1) is 23.5. The molecule has 3 N–H and O–H groups in total. The number of fused-ring (bicyclic) bond motifs is 1. The molecule has 2 aromatic rings. The Morgan fingerprint density at radius 3 is 2.69 bits per heavy atom. The highest BCUT2D eigenvalue weighted by Gasteiger charge is 2.35. The number of carbonyl (C=O) groups excluding carboxylic acids is 3. The van der Waals surface area contributed by atoms with Gasteiger partial charge in [-0.2, -0.15) is 5.10 Å². The van der Waals surface area contributed by atoms with Crippen LogP contribution in [0.25, 0.3) is 5.69 Å². The van der Waals surface area contributed by atoms with Gasteiger partial charge in [-0.1, -0.05) is 13.8 Å². The summed E-state index contributed by atoms with van der Waals surface area (Å²) >= 11 is 0. The van der Waals surface area contributed by atoms with Crippen molar-refractivity contribution in [2.24, 2.45) is 11.1 Å². The van der Waals surface area contributed by atoms with E-state index in [9.17, 15) is 14.4 Å². The monoisotopic (exact) mass is 440 g/mol. The average Bonchev–Trinajstić information content (AvgIpc) is 3.02. The second-order valence-corrected chi connectivity index (χ2v) is 9.04. The molecule has 0 spiro atoms. The molecule has 0 unspecified atom stereocenters. The molecule has 1 amide bonds. The Balaban J connectivity index is 1.83. The molecule has 0 radical (unpaired) electrons. The molecular weight excluding hydrogens is 408 g/mol. The van der Waals surface area contributed by atoms with E-state index in [1.807, 2.05) is 13.0 Å². The zero-order valence-electron chi connectivity index (χ0n) is 19.3. The van der Waals surface area contributed by atoms with E-state index in [0.717, 1.165) is 24.2 Å². The van der Waals surface area contributed by atoms with Gasteiger partial charge in [-0.05, 0) is 56.7 Å². The molecule has 1 aliphatic carbocycles. The lowest BCUT2D eigenvalue weighted by Crippen LogP contribution is -2.28. The first-order valence-electron chi connectivity index (χ1n) is 11.1. The third kappa shape index (κ3) is 5.18. The molecule has 8 nitrogen and oxygen atoms in total. The maximum absolute atomic E-state index is 12.7. The highest BCUT2D eigenvalue weighted by atomic mass is 16.5. The second-order valence-electron chi connectivity index (χ2n) is 9.04. The summed E-state index contributed by atoms with van der Waals surface area (Å²) in [5.41, 5.74) is 9.50. The number of esters is 1. The van der Waals surface area contributed by atoms with Crippen LogP contribution in [-0.2, 0) is 16.0 Å². The van der Waals surface area contributed by atoms with Gasteiger partial charge in [0.15, 0.2) is 5.78 Å². The Bertz CT molecular complexity index is 1040. The van der Waals surface area contributed by atoms with E-state index in [1.54, 1.807) is 23.7 Å². The van der Waals surface area contributed by atoms with Gasteiger partial charge >= 0.3 is 5.97 Å². The first-order valence-corrected chi connectivity index (χ1v) is 11.1. The van der Waals surface area contributed by atoms with E-state index in [1.165, 1.54) is 0 Å². The number of Topliss-reactive ketones (excluding diaryl/α,β-unsaturated/α-hetero) is 1. The molecule has 3 rings (SSSR count). The molecule has 0 fully saturated rings. The number of aryl methyl sites for hydroxylation is 1. The van der Waals surface area contributed by atoms with Crippen molar-refractivity contribution in [1.82, 2.24) is 9.78 Å². The van der Waals surface area contributed by atoms with Crippen LogP contribution in [0.2, 0.25) is 0 Å². The summed E-state index contributed by atoms with van der Waals surface area (Å²) in [4.78, 5) is 36.1. The first-order chi connectivity index (χ1) is 15.1. The minimum atomic E-state index is -0.527. The fraction of sp³-hybridized carbons (Fsp3) is 0.500. The van der Waals surface area contributed by atoms with Crippen LogP contribution in [-0.4, -0.2) is 40.6 Å². The quantitative estimate of drug-likeness (QED) is 0.455. The van der Waals surface area contributed by atoms with Crippen molar-refractivity contribution in [3.8, 4) is 5.69 Å². The Morgan fingerprint density at radius 2 is 2.00 bits per heavy atom. The highest BCUT2D eigenvalue weighted by molar-refractivity contribution is 6.00. The van der Waals surface area contributed by atoms with Crippen molar-refractivity contribution >= 4 is 23.3 Å². The lowest BCUT2D eigenvalue weighted by molar-refractivity contribution is -0.143. The van der Waals surface area contributed by atoms with Crippen LogP contribution in [0.1, 0.15) is 78.6 Å². The summed E-state index contributed by atoms with van der Waals surface area (Å²) in [5.74, 6) is -0.613. The van der Waals surface area contributed by atoms with Gasteiger partial charge in [-0.15, -0.1) is 0 Å². The number of nitrogens with one attached hydrogen (secondary N) is 1. The molecule has 0 saturated heterocycles. The van der Waals surface area contributed by atoms with Crippen LogP contribution in [0.15, 0.2) is 18.2 Å². The number of carbonyl (C=O) groups is 3. The van der Waals surface area contributed by atoms with Gasteiger partial charge in [0.2, 0.25) is 0 Å². The number of nitrogens with zero attached hydrogens (tertiary/aromatic N) is 2. The molecule has 8 heteroatoms. The molecule has 172 valence electrons. The van der Waals surface area contributed by atoms with E-state index in [0.29, 0.717) is 54.9 Å². The third-order valence-electron chi connectivity index (χ3n) is 5.66. The van der Waals surface area contributed by atoms with Gasteiger partial charge in [0.1, 0.15) is 0 Å². The van der Waals surface area contributed by atoms with E-state index in [-0.39, 0.29) is 17.2 Å². The van der Waals surface area contributed by atoms with Gasteiger partial charge < -0.3 is 15.8 Å². The summed E-state index contributed by atoms with van der Waals surface area (Å²) in [7, 11) is 0. The van der Waals surface area contributed by atoms with Crippen molar-refractivity contribution in [2.45, 2.75) is 59.8 Å². The summed E-state index contributed by atoms with van der Waals surface area (Å²) < 4.78 is 6.74. The lowest BCUT2D eigenvalue weighted by Gasteiger charge is -2.29. The summed E-state index contributed by atoms with van der Waals surface area (Å²) in [6.07, 6.45) is 3.02. The minimum absolute atomic E-state index is 0.119. The second kappa shape index (κ2) is 9.54. The number of rotatable bonds is 9. The van der Waals surface area contributed by atoms with E-state index >= 15 is 0 Å². The molecule has 0 bridgehead atoms. The van der Waals surface area contributed by atoms with Gasteiger partial charge in [0.05, 0.1) is 34.8 Å². The van der Waals surface area contributed by atoms with E-state index in [4.69, 9.17) is 10.5 Å². The zero-order valence-corrected chi connectivity index (χ0v) is 19.3. The standard InChI is InChI=1S/C24H32N4O4/c1-5-32-21(30)8-6-7-11-26-18-12-16(9-10-17(18)23(25)31)28-19-13-24(3,4)14-20(29)22(19)15(2)27-28/h9-10,12,26H,5-8,11,13-14H2,1-4H3,(H2,25,31). The molecule has 1 heterocycles. The SMILES string of the molecule is CCOC(=O)CCCCNc1cc(-n2nc(C)c3c2CC(C)(C)CC3=O)ccc1C(N)=O. The summed E-state index contributed by atoms with van der Waals surface area (Å²) in [5, 5.41) is 7.90. The van der Waals surface area contributed by atoms with Gasteiger partial charge in [-0.3, -0.25) is 14.4 Å². The van der Waals surface area contributed by atoms with Gasteiger partial charge in [0, 0.05) is 25.1 Å². The van der Waals surface area contributed by atoms with Crippen molar-refractivity contribution in [2.75, 3.05) is 18.5 Å². The topological polar surface area (TPSA) is 116 Å². The van der Waals surface area contributed by atoms with Crippen molar-refractivity contribution in [3.05, 3.63) is 40.7 Å². The van der Waals surface area contributed by atoms with Crippen LogP contribution in [0.4, 0.5) is 5.69 Å². The zero-order chi connectivity index (χ0) is 23.5. The highest BCUT2D eigenvalue weighted by Crippen LogP contribution is 2.37. The molecule has 1 aromatic carbocycles. The smallest absolute Gasteiger partial charge is 0.305 e. The number of nitrogens with two attached hydrogens (primary N) is 1. The van der Waals surface area contributed by atoms with Crippen molar-refractivity contribution in [3.63, 3.8) is 0 Å². The largest absolute Gasteiger partial charge is 0.466 e. The number of amides is 1. The summed E-state index contributed by atoms with van der Waals surface area (Å²) in [6.45, 7) is 8.76. The van der Waals surface area contributed by atoms with Gasteiger partial charge in [0.25, 0.3) is 5.91 Å². The number of ketones is 1. The van der Waals surface area contributed by atoms with Gasteiger partial charge in [-0.25, -0.2) is 4.68 Å². The Kier molecular flexibility index (Phi) is 7.01. The van der Waals surface area contributed by atoms with Crippen LogP contribution >= 0.6 is 0 Å². The van der Waals surface area contributed by atoms with Crippen molar-refractivity contribution in [1.29, 1.82) is 0 Å². The number of anilines is 1. The molecule has 1 aromatic heterocycles. The Labute approximate surface area is 188 Å². The maximum Gasteiger partial charge on any atom is 0.305 e. The number of ether oxygens (including phenoxy) is 1. The van der Waals surface area contributed by atoms with Crippen molar-refractivity contribution < 1.29 is 19.1 Å². The maximum atomic E-state index is 12.7. The Hall–Kier alpha value is -3.16. The van der Waals surface area contributed by atoms with Crippen LogP contribution in [0.5, 0.6) is 0 Å². The third-order valence-corrected chi connectivity index (χ3v) is 5.66. The van der Waals surface area contributed by atoms with Crippen LogP contribution in [0.3, 0.4) is 0 Å². The number of hydrogen-bond acceptors (Lipinski definition) is 6. The summed E-state index contributed by atoms with van der Waals surface area (Å²) in [6, 6.07) is 5.31. The number of unbranched alkanes of at least 4 members (excludes halogenated alkanes) is 1. The van der Waals surface area contributed by atoms with E-state index < -0.39 is 5.91 Å². The lowest BCUT2D eigenvalue weighted by atomic mass is 9.75. The molecular formula is C24H32N4O4. The molecule has 0 saturated carbocycles. The predicted molar refractivity (Wildman–Crippen MR) is 122 cm³/mol. The Morgan fingerprint density at radius 1 is 1.25 bits per heavy atom. The fourth-order valence-electron chi connectivity index (χ4n) is 4.23. The molecule has 32 heavy (non-hydrogen) atoms. The van der Waals surface area contributed by atoms with Crippen LogP contribution < -0.4 is 11.1 Å². The number of primary amides is 1. The normalized spacial score (nSPS) is 14.7. The predicted octanol–water partition coefficient (Wildman–Crippen LogP) is 3.58. The molecule has 0 atom stereocenters. The average molecular weight is 441 g/mol. The van der Waals surface area contributed by atoms with E-state index in [2.05, 4.69) is 24.3 Å². The fourth-order valence-corrected chi connectivity index (χ4v) is 4.23. The van der Waals surface area contributed by atoms with Crippen LogP contribution in [0, 0.1) is 12.3 Å². The number of benzene rings is 1. The molecule has 0 aliphatic heterocycles. The minimum Gasteiger partial charge on any atom is -0.466 e. The number of hydrogen-bond donors (Lipinski definition) is 2.